The van der Waals surface area contributed by atoms with Crippen molar-refractivity contribution < 1.29 is 13.2 Å². The fourth-order valence-corrected chi connectivity index (χ4v) is 1.53. The van der Waals surface area contributed by atoms with Gasteiger partial charge in [0.15, 0.2) is 0 Å². The zero-order chi connectivity index (χ0) is 9.35. The van der Waals surface area contributed by atoms with Crippen LogP contribution in [0.4, 0.5) is 13.2 Å². The Morgan fingerprint density at radius 3 is 2.33 bits per heavy atom. The maximum Gasteiger partial charge on any atom is 0.393 e. The monoisotopic (exact) mass is 199 g/mol. The van der Waals surface area contributed by atoms with Crippen molar-refractivity contribution in [2.24, 2.45) is 11.7 Å². The molecule has 12 heavy (non-hydrogen) atoms. The highest BCUT2D eigenvalue weighted by Crippen LogP contribution is 2.37. The molecule has 0 aromatic heterocycles. The van der Waals surface area contributed by atoms with E-state index in [1.807, 2.05) is 0 Å². The summed E-state index contributed by atoms with van der Waals surface area (Å²) in [6.45, 7) is 0. The topological polar surface area (TPSA) is 26.0 Å². The molecule has 0 saturated heterocycles. The lowest BCUT2D eigenvalue weighted by molar-refractivity contribution is -0.175. The van der Waals surface area contributed by atoms with Gasteiger partial charge >= 0.3 is 6.18 Å². The molecular weight excluding hydrogens is 191 g/mol. The van der Waals surface area contributed by atoms with Crippen LogP contribution in [0.3, 0.4) is 0 Å². The molecule has 1 unspecified atom stereocenters. The van der Waals surface area contributed by atoms with Gasteiger partial charge in [0, 0.05) is 6.04 Å². The summed E-state index contributed by atoms with van der Waals surface area (Å²) in [5.74, 6) is -1.50. The molecule has 70 valence electrons. The van der Waals surface area contributed by atoms with E-state index in [1.165, 1.54) is 12.2 Å². The number of alkyl halides is 4. The molecule has 1 nitrogen and oxygen atoms in total. The van der Waals surface area contributed by atoms with Crippen molar-refractivity contribution in [3.8, 4) is 0 Å². The molecule has 0 fully saturated rings. The minimum Gasteiger partial charge on any atom is -0.324 e. The van der Waals surface area contributed by atoms with E-state index in [4.69, 9.17) is 17.3 Å². The van der Waals surface area contributed by atoms with Crippen LogP contribution in [0.5, 0.6) is 0 Å². The van der Waals surface area contributed by atoms with Crippen molar-refractivity contribution in [2.75, 3.05) is 0 Å². The van der Waals surface area contributed by atoms with Gasteiger partial charge in [-0.2, -0.15) is 13.2 Å². The number of hydrogen-bond donors (Lipinski definition) is 1. The van der Waals surface area contributed by atoms with E-state index in [9.17, 15) is 13.2 Å². The van der Waals surface area contributed by atoms with Gasteiger partial charge in [-0.25, -0.2) is 0 Å². The minimum absolute atomic E-state index is 0.117. The number of rotatable bonds is 0. The van der Waals surface area contributed by atoms with Gasteiger partial charge in [0.1, 0.15) is 0 Å². The molecule has 0 saturated carbocycles. The summed E-state index contributed by atoms with van der Waals surface area (Å²) in [5.41, 5.74) is 5.34. The molecular formula is C7H9ClF3N. The van der Waals surface area contributed by atoms with Gasteiger partial charge in [-0.1, -0.05) is 12.2 Å². The van der Waals surface area contributed by atoms with E-state index in [1.54, 1.807) is 0 Å². The van der Waals surface area contributed by atoms with Crippen molar-refractivity contribution >= 4 is 11.6 Å². The summed E-state index contributed by atoms with van der Waals surface area (Å²) >= 11 is 5.47. The van der Waals surface area contributed by atoms with E-state index < -0.39 is 23.5 Å². The van der Waals surface area contributed by atoms with Crippen molar-refractivity contribution in [1.82, 2.24) is 0 Å². The lowest BCUT2D eigenvalue weighted by Gasteiger charge is -2.28. The molecule has 1 aliphatic carbocycles. The van der Waals surface area contributed by atoms with Crippen LogP contribution in [-0.2, 0) is 0 Å². The molecule has 3 atom stereocenters. The van der Waals surface area contributed by atoms with Crippen LogP contribution >= 0.6 is 11.6 Å². The molecule has 5 heteroatoms. The van der Waals surface area contributed by atoms with Crippen molar-refractivity contribution in [3.05, 3.63) is 12.2 Å². The third kappa shape index (κ3) is 2.14. The summed E-state index contributed by atoms with van der Waals surface area (Å²) in [5, 5.41) is -0.968. The first-order valence-electron chi connectivity index (χ1n) is 3.56. The first-order chi connectivity index (χ1) is 5.41. The second-order valence-corrected chi connectivity index (χ2v) is 3.38. The Morgan fingerprint density at radius 1 is 1.33 bits per heavy atom. The van der Waals surface area contributed by atoms with Crippen LogP contribution in [0, 0.1) is 5.92 Å². The third-order valence-electron chi connectivity index (χ3n) is 1.87. The van der Waals surface area contributed by atoms with Crippen molar-refractivity contribution in [2.45, 2.75) is 24.0 Å². The number of hydrogen-bond acceptors (Lipinski definition) is 1. The molecule has 0 spiro atoms. The van der Waals surface area contributed by atoms with E-state index >= 15 is 0 Å². The lowest BCUT2D eigenvalue weighted by atomic mass is 9.90. The molecule has 0 bridgehead atoms. The summed E-state index contributed by atoms with van der Waals surface area (Å²) in [6, 6.07) is -0.522. The van der Waals surface area contributed by atoms with E-state index in [2.05, 4.69) is 0 Å². The van der Waals surface area contributed by atoms with E-state index in [0.717, 1.165) is 0 Å². The summed E-state index contributed by atoms with van der Waals surface area (Å²) < 4.78 is 36.6. The van der Waals surface area contributed by atoms with Gasteiger partial charge in [-0.3, -0.25) is 0 Å². The van der Waals surface area contributed by atoms with Crippen LogP contribution in [0.25, 0.3) is 0 Å². The quantitative estimate of drug-likeness (QED) is 0.469. The summed E-state index contributed by atoms with van der Waals surface area (Å²) in [6.07, 6.45) is -1.53. The minimum atomic E-state index is -4.24. The summed E-state index contributed by atoms with van der Waals surface area (Å²) in [4.78, 5) is 0. The second kappa shape index (κ2) is 3.26. The molecule has 0 aromatic carbocycles. The largest absolute Gasteiger partial charge is 0.393 e. The Morgan fingerprint density at radius 2 is 1.92 bits per heavy atom. The molecule has 1 rings (SSSR count). The van der Waals surface area contributed by atoms with Gasteiger partial charge in [0.05, 0.1) is 11.3 Å². The molecule has 0 radical (unpaired) electrons. The van der Waals surface area contributed by atoms with Gasteiger partial charge in [-0.15, -0.1) is 11.6 Å². The molecule has 0 aromatic rings. The Kier molecular flexibility index (Phi) is 2.68. The highest BCUT2D eigenvalue weighted by atomic mass is 35.5. The smallest absolute Gasteiger partial charge is 0.324 e. The van der Waals surface area contributed by atoms with Crippen LogP contribution in [-0.4, -0.2) is 17.6 Å². The average molecular weight is 200 g/mol. The van der Waals surface area contributed by atoms with E-state index in [-0.39, 0.29) is 6.42 Å². The fourth-order valence-electron chi connectivity index (χ4n) is 1.20. The van der Waals surface area contributed by atoms with Gasteiger partial charge in [0.25, 0.3) is 0 Å². The zero-order valence-electron chi connectivity index (χ0n) is 6.18. The van der Waals surface area contributed by atoms with Crippen LogP contribution in [0.2, 0.25) is 0 Å². The van der Waals surface area contributed by atoms with Crippen molar-refractivity contribution in [1.29, 1.82) is 0 Å². The predicted molar refractivity (Wildman–Crippen MR) is 40.9 cm³/mol. The third-order valence-corrected chi connectivity index (χ3v) is 2.32. The maximum absolute atomic E-state index is 12.2. The Balaban J connectivity index is 2.72. The Hall–Kier alpha value is -0.220. The second-order valence-electron chi connectivity index (χ2n) is 2.88. The average Bonchev–Trinajstić information content (AvgIpc) is 1.92. The van der Waals surface area contributed by atoms with Crippen LogP contribution < -0.4 is 5.73 Å². The summed E-state index contributed by atoms with van der Waals surface area (Å²) in [7, 11) is 0. The first-order valence-corrected chi connectivity index (χ1v) is 3.99. The molecule has 1 aliphatic rings. The van der Waals surface area contributed by atoms with Gasteiger partial charge in [0.2, 0.25) is 0 Å². The Bertz CT molecular complexity index is 190. The normalized spacial score (nSPS) is 36.9. The highest BCUT2D eigenvalue weighted by Gasteiger charge is 2.44. The first kappa shape index (κ1) is 9.86. The van der Waals surface area contributed by atoms with Gasteiger partial charge < -0.3 is 5.73 Å². The van der Waals surface area contributed by atoms with Crippen LogP contribution in [0.15, 0.2) is 12.2 Å². The molecule has 2 N–H and O–H groups in total. The molecule has 0 aliphatic heterocycles. The van der Waals surface area contributed by atoms with E-state index in [0.29, 0.717) is 0 Å². The Labute approximate surface area is 73.4 Å². The SMILES string of the molecule is N[C@@H]1C=C[C@H](Cl)C(C(F)(F)F)C1. The number of allylic oxidation sites excluding steroid dienone is 1. The molecule has 0 amide bonds. The van der Waals surface area contributed by atoms with Gasteiger partial charge in [-0.05, 0) is 6.42 Å². The maximum atomic E-state index is 12.2. The standard InChI is InChI=1S/C7H9ClF3N/c8-6-2-1-4(12)3-5(6)7(9,10)11/h1-2,4-6H,3,12H2/t4-,5?,6+/m1/s1. The lowest BCUT2D eigenvalue weighted by Crippen LogP contribution is -2.38. The van der Waals surface area contributed by atoms with Crippen LogP contribution in [0.1, 0.15) is 6.42 Å². The number of nitrogens with two attached hydrogens (primary N) is 1. The number of halogens is 4. The molecule has 0 heterocycles. The zero-order valence-corrected chi connectivity index (χ0v) is 6.94. The fraction of sp³-hybridized carbons (Fsp3) is 0.714. The predicted octanol–water partition coefficient (Wildman–Crippen LogP) is 2.06. The highest BCUT2D eigenvalue weighted by molar-refractivity contribution is 6.22. The van der Waals surface area contributed by atoms with Crippen molar-refractivity contribution in [3.63, 3.8) is 0 Å².